The van der Waals surface area contributed by atoms with Crippen LogP contribution < -0.4 is 23.0 Å². The van der Waals surface area contributed by atoms with E-state index >= 15 is 0 Å². The Bertz CT molecular complexity index is 1200. The lowest BCUT2D eigenvalue weighted by Crippen LogP contribution is -3.00. The molecule has 0 bridgehead atoms. The number of aromatic nitrogens is 1. The average molecular weight is 473 g/mol. The summed E-state index contributed by atoms with van der Waals surface area (Å²) in [6, 6.07) is 10.7. The molecule has 0 spiro atoms. The van der Waals surface area contributed by atoms with Crippen LogP contribution >= 0.6 is 0 Å². The number of quaternary nitrogens is 1. The van der Waals surface area contributed by atoms with Gasteiger partial charge < -0.3 is 32.7 Å². The minimum Gasteiger partial charge on any atom is -1.00 e. The Kier molecular flexibility index (Phi) is 7.35. The monoisotopic (exact) mass is 472 g/mol. The first-order valence-corrected chi connectivity index (χ1v) is 10.6. The molecular formula is C23H25ClN4O5. The number of nitrogens with two attached hydrogens (primary N) is 1. The van der Waals surface area contributed by atoms with Gasteiger partial charge in [0.2, 0.25) is 5.91 Å². The van der Waals surface area contributed by atoms with Crippen LogP contribution in [0.5, 0.6) is 0 Å². The molecule has 0 aliphatic carbocycles. The fraction of sp³-hybridized carbons (Fsp3) is 0.304. The summed E-state index contributed by atoms with van der Waals surface area (Å²) in [5, 5.41) is 26.7. The molecule has 174 valence electrons. The molecule has 1 unspecified atom stereocenters. The molecule has 1 saturated heterocycles. The van der Waals surface area contributed by atoms with Crippen molar-refractivity contribution in [3.8, 4) is 5.69 Å². The summed E-state index contributed by atoms with van der Waals surface area (Å²) in [5.41, 5.74) is 2.61. The molecule has 9 nitrogen and oxygen atoms in total. The van der Waals surface area contributed by atoms with E-state index in [4.69, 9.17) is 0 Å². The maximum atomic E-state index is 12.8. The number of carboxylic acids is 1. The number of amides is 1. The lowest BCUT2D eigenvalue weighted by Gasteiger charge is -2.22. The van der Waals surface area contributed by atoms with E-state index in [2.05, 4.69) is 10.6 Å². The van der Waals surface area contributed by atoms with Gasteiger partial charge >= 0.3 is 5.97 Å². The van der Waals surface area contributed by atoms with Gasteiger partial charge in [0.25, 0.3) is 5.69 Å². The Morgan fingerprint density at radius 1 is 1.21 bits per heavy atom. The number of hydrogen-bond donors (Lipinski definition) is 3. The number of non-ortho nitro benzene ring substituents is 1. The molecule has 2 aromatic carbocycles. The molecule has 1 fully saturated rings. The number of benzene rings is 2. The van der Waals surface area contributed by atoms with Gasteiger partial charge in [0.15, 0.2) is 6.04 Å². The second-order valence-corrected chi connectivity index (χ2v) is 8.12. The number of nitrogens with one attached hydrogen (secondary N) is 1. The van der Waals surface area contributed by atoms with Crippen molar-refractivity contribution in [1.29, 1.82) is 0 Å². The van der Waals surface area contributed by atoms with Gasteiger partial charge in [0.05, 0.1) is 23.5 Å². The normalized spacial score (nSPS) is 14.9. The zero-order chi connectivity index (χ0) is 22.8. The third kappa shape index (κ3) is 4.84. The number of nitro groups is 1. The predicted octanol–water partition coefficient (Wildman–Crippen LogP) is -0.934. The summed E-state index contributed by atoms with van der Waals surface area (Å²) < 4.78 is 1.82. The summed E-state index contributed by atoms with van der Waals surface area (Å²) in [5.74, 6) is -1.56. The Balaban J connectivity index is 0.00000306. The number of hydrogen-bond acceptors (Lipinski definition) is 4. The van der Waals surface area contributed by atoms with Gasteiger partial charge in [-0.25, -0.2) is 4.79 Å². The van der Waals surface area contributed by atoms with Crippen molar-refractivity contribution in [3.63, 3.8) is 0 Å². The van der Waals surface area contributed by atoms with Crippen LogP contribution in [0.15, 0.2) is 48.7 Å². The predicted molar refractivity (Wildman–Crippen MR) is 118 cm³/mol. The van der Waals surface area contributed by atoms with E-state index in [1.165, 1.54) is 12.1 Å². The lowest BCUT2D eigenvalue weighted by molar-refractivity contribution is -0.664. The van der Waals surface area contributed by atoms with Crippen LogP contribution in [0.3, 0.4) is 0 Å². The maximum absolute atomic E-state index is 12.8. The largest absolute Gasteiger partial charge is 1.00 e. The first-order valence-electron chi connectivity index (χ1n) is 10.6. The smallest absolute Gasteiger partial charge is 0.330 e. The van der Waals surface area contributed by atoms with Crippen molar-refractivity contribution in [2.45, 2.75) is 25.8 Å². The number of carboxylic acid groups (broad SMARTS) is 1. The van der Waals surface area contributed by atoms with Crippen LogP contribution in [-0.4, -0.2) is 39.6 Å². The zero-order valence-corrected chi connectivity index (χ0v) is 18.8. The maximum Gasteiger partial charge on any atom is 0.330 e. The van der Waals surface area contributed by atoms with E-state index < -0.39 is 16.9 Å². The standard InChI is InChI=1S/C23H24N4O5.ClH/c1-14-12-16(27(31)32)6-7-19(14)26-13-18(17-4-2-3-5-20(17)26)21(23(29)30)25-22(28)15-8-10-24-11-9-15;/h2-7,12-13,15,21,24H,8-11H2,1H3,(H,25,28)(H,29,30);1H. The van der Waals surface area contributed by atoms with E-state index in [1.54, 1.807) is 19.2 Å². The zero-order valence-electron chi connectivity index (χ0n) is 18.0. The van der Waals surface area contributed by atoms with Crippen molar-refractivity contribution < 1.29 is 37.3 Å². The van der Waals surface area contributed by atoms with E-state index in [-0.39, 0.29) is 29.9 Å². The molecule has 10 heteroatoms. The number of carbonyl (C=O) groups is 2. The Hall–Kier alpha value is -3.43. The van der Waals surface area contributed by atoms with Crippen molar-refractivity contribution in [2.75, 3.05) is 13.1 Å². The fourth-order valence-electron chi connectivity index (χ4n) is 4.38. The second-order valence-electron chi connectivity index (χ2n) is 8.12. The van der Waals surface area contributed by atoms with Crippen LogP contribution in [0.4, 0.5) is 5.69 Å². The van der Waals surface area contributed by atoms with Gasteiger partial charge in [-0.15, -0.1) is 0 Å². The number of halogens is 1. The number of nitrogens with zero attached hydrogens (tertiary/aromatic N) is 2. The first-order chi connectivity index (χ1) is 15.4. The molecule has 0 saturated carbocycles. The number of carbonyl (C=O) groups excluding carboxylic acids is 1. The first kappa shape index (κ1) is 24.2. The molecule has 1 atom stereocenters. The van der Waals surface area contributed by atoms with Gasteiger partial charge in [-0.2, -0.15) is 0 Å². The van der Waals surface area contributed by atoms with Crippen LogP contribution in [0.25, 0.3) is 16.6 Å². The molecule has 2 heterocycles. The number of aliphatic carboxylic acids is 1. The SMILES string of the molecule is Cc1cc([N+](=O)[O-])ccc1-n1cc(C(NC(=O)C2CC[NH2+]CC2)C(=O)O)c2ccccc21.[Cl-]. The van der Waals surface area contributed by atoms with E-state index in [9.17, 15) is 24.8 Å². The molecule has 4 rings (SSSR count). The lowest BCUT2D eigenvalue weighted by atomic mass is 9.96. The highest BCUT2D eigenvalue weighted by molar-refractivity contribution is 5.93. The summed E-state index contributed by atoms with van der Waals surface area (Å²) in [6.45, 7) is 3.48. The van der Waals surface area contributed by atoms with Gasteiger partial charge in [-0.05, 0) is 24.6 Å². The third-order valence-electron chi connectivity index (χ3n) is 6.05. The summed E-state index contributed by atoms with van der Waals surface area (Å²) in [7, 11) is 0. The number of rotatable bonds is 6. The summed E-state index contributed by atoms with van der Waals surface area (Å²) >= 11 is 0. The molecule has 1 aliphatic heterocycles. The minimum atomic E-state index is -1.20. The second kappa shape index (κ2) is 10.0. The van der Waals surface area contributed by atoms with Gasteiger partial charge in [0, 0.05) is 53.7 Å². The Morgan fingerprint density at radius 3 is 2.55 bits per heavy atom. The van der Waals surface area contributed by atoms with Crippen molar-refractivity contribution in [2.24, 2.45) is 5.92 Å². The molecule has 1 amide bonds. The topological polar surface area (TPSA) is 131 Å². The Morgan fingerprint density at radius 2 is 1.91 bits per heavy atom. The average Bonchev–Trinajstić information content (AvgIpc) is 3.16. The van der Waals surface area contributed by atoms with E-state index in [0.717, 1.165) is 31.4 Å². The number of para-hydroxylation sites is 1. The summed E-state index contributed by atoms with van der Waals surface area (Å²) in [4.78, 5) is 35.6. The number of nitro benzene ring substituents is 1. The molecule has 1 aliphatic rings. The molecule has 33 heavy (non-hydrogen) atoms. The van der Waals surface area contributed by atoms with Crippen molar-refractivity contribution in [1.82, 2.24) is 9.88 Å². The van der Waals surface area contributed by atoms with Crippen LogP contribution in [-0.2, 0) is 9.59 Å². The van der Waals surface area contributed by atoms with Gasteiger partial charge in [-0.3, -0.25) is 14.9 Å². The van der Waals surface area contributed by atoms with Crippen molar-refractivity contribution in [3.05, 3.63) is 69.9 Å². The van der Waals surface area contributed by atoms with Crippen LogP contribution in [0.1, 0.15) is 30.0 Å². The molecule has 0 radical (unpaired) electrons. The number of fused-ring (bicyclic) bond motifs is 1. The highest BCUT2D eigenvalue weighted by Gasteiger charge is 2.30. The molecule has 1 aromatic heterocycles. The Labute approximate surface area is 196 Å². The fourth-order valence-corrected chi connectivity index (χ4v) is 4.38. The highest BCUT2D eigenvalue weighted by atomic mass is 35.5. The quantitative estimate of drug-likeness (QED) is 0.315. The van der Waals surface area contributed by atoms with Crippen LogP contribution in [0.2, 0.25) is 0 Å². The van der Waals surface area contributed by atoms with E-state index in [1.807, 2.05) is 28.8 Å². The van der Waals surface area contributed by atoms with E-state index in [0.29, 0.717) is 22.2 Å². The van der Waals surface area contributed by atoms with Crippen molar-refractivity contribution >= 4 is 28.5 Å². The minimum absolute atomic E-state index is 0. The molecule has 3 aromatic rings. The molecule has 4 N–H and O–H groups in total. The highest BCUT2D eigenvalue weighted by Crippen LogP contribution is 2.32. The van der Waals surface area contributed by atoms with Gasteiger partial charge in [-0.1, -0.05) is 18.2 Å². The van der Waals surface area contributed by atoms with Crippen LogP contribution in [0, 0.1) is 23.0 Å². The molecular weight excluding hydrogens is 448 g/mol. The third-order valence-corrected chi connectivity index (χ3v) is 6.05. The van der Waals surface area contributed by atoms with Gasteiger partial charge in [0.1, 0.15) is 0 Å². The number of piperidine rings is 1. The summed E-state index contributed by atoms with van der Waals surface area (Å²) in [6.07, 6.45) is 3.15. The number of aryl methyl sites for hydroxylation is 1.